The average molecular weight is 222 g/mol. The van der Waals surface area contributed by atoms with Crippen LogP contribution in [0, 0.1) is 15.9 Å². The van der Waals surface area contributed by atoms with E-state index >= 15 is 0 Å². The lowest BCUT2D eigenvalue weighted by Crippen LogP contribution is -2.19. The molecular formula is C7H5BF4NO2-. The Bertz CT molecular complexity index is 393. The summed E-state index contributed by atoms with van der Waals surface area (Å²) < 4.78 is 48.7. The zero-order valence-electron chi connectivity index (χ0n) is 7.29. The molecule has 0 N–H and O–H groups in total. The largest absolute Gasteiger partial charge is 0.482 e. The number of nitro groups is 1. The number of nitro benzene ring substituents is 1. The van der Waals surface area contributed by atoms with E-state index in [9.17, 15) is 27.5 Å². The van der Waals surface area contributed by atoms with Gasteiger partial charge in [-0.15, -0.1) is 0 Å². The number of hydrogen-bond donors (Lipinski definition) is 0. The third-order valence-electron chi connectivity index (χ3n) is 1.67. The predicted octanol–water partition coefficient (Wildman–Crippen LogP) is 2.66. The second-order valence-electron chi connectivity index (χ2n) is 2.96. The van der Waals surface area contributed by atoms with Gasteiger partial charge in [0.1, 0.15) is 0 Å². The van der Waals surface area contributed by atoms with Crippen LogP contribution in [0.5, 0.6) is 0 Å². The van der Waals surface area contributed by atoms with Crippen LogP contribution in [0.15, 0.2) is 18.2 Å². The second-order valence-corrected chi connectivity index (χ2v) is 2.96. The van der Waals surface area contributed by atoms with Gasteiger partial charge in [0.2, 0.25) is 5.82 Å². The second kappa shape index (κ2) is 3.88. The molecule has 0 saturated carbocycles. The van der Waals surface area contributed by atoms with Gasteiger partial charge in [0, 0.05) is 6.07 Å². The Labute approximate surface area is 81.9 Å². The molecule has 0 radical (unpaired) electrons. The molecule has 82 valence electrons. The van der Waals surface area contributed by atoms with E-state index in [0.29, 0.717) is 12.1 Å². The van der Waals surface area contributed by atoms with Crippen molar-refractivity contribution in [1.29, 1.82) is 0 Å². The molecule has 0 fully saturated rings. The molecule has 0 aliphatic carbocycles. The summed E-state index contributed by atoms with van der Waals surface area (Å²) in [5.74, 6) is -1.14. The van der Waals surface area contributed by atoms with E-state index in [-0.39, 0.29) is 5.56 Å². The van der Waals surface area contributed by atoms with Gasteiger partial charge in [0.25, 0.3) is 0 Å². The lowest BCUT2D eigenvalue weighted by molar-refractivity contribution is -0.387. The van der Waals surface area contributed by atoms with Crippen LogP contribution in [0.3, 0.4) is 0 Å². The maximum absolute atomic E-state index is 12.7. The molecule has 0 aromatic heterocycles. The standard InChI is InChI=1S/C7H5BF4NO2/c9-6-2-1-5(4-8(10,11)12)3-7(6)13(14)15/h1-3H,4H2/q-1. The number of benzene rings is 1. The van der Waals surface area contributed by atoms with Crippen LogP contribution in [-0.4, -0.2) is 11.9 Å². The van der Waals surface area contributed by atoms with Gasteiger partial charge >= 0.3 is 12.7 Å². The van der Waals surface area contributed by atoms with Crippen molar-refractivity contribution < 1.29 is 22.3 Å². The summed E-state index contributed by atoms with van der Waals surface area (Å²) >= 11 is 0. The summed E-state index contributed by atoms with van der Waals surface area (Å²) in [5, 5.41) is 10.2. The first kappa shape index (κ1) is 11.5. The lowest BCUT2D eigenvalue weighted by atomic mass is 9.82. The maximum Gasteiger partial charge on any atom is 0.482 e. The molecule has 1 rings (SSSR count). The van der Waals surface area contributed by atoms with Crippen LogP contribution < -0.4 is 0 Å². The van der Waals surface area contributed by atoms with Gasteiger partial charge in [-0.3, -0.25) is 10.1 Å². The molecule has 15 heavy (non-hydrogen) atoms. The van der Waals surface area contributed by atoms with Gasteiger partial charge in [-0.1, -0.05) is 17.9 Å². The summed E-state index contributed by atoms with van der Waals surface area (Å²) in [6.45, 7) is -5.07. The van der Waals surface area contributed by atoms with Crippen molar-refractivity contribution in [3.05, 3.63) is 39.7 Å². The number of hydrogen-bond acceptors (Lipinski definition) is 2. The molecule has 1 aromatic rings. The Morgan fingerprint density at radius 1 is 1.33 bits per heavy atom. The van der Waals surface area contributed by atoms with Gasteiger partial charge in [0.05, 0.1) is 4.92 Å². The van der Waals surface area contributed by atoms with E-state index in [2.05, 4.69) is 0 Å². The third-order valence-corrected chi connectivity index (χ3v) is 1.67. The van der Waals surface area contributed by atoms with E-state index in [1.54, 1.807) is 0 Å². The monoisotopic (exact) mass is 222 g/mol. The Morgan fingerprint density at radius 2 is 1.93 bits per heavy atom. The van der Waals surface area contributed by atoms with Crippen molar-refractivity contribution in [2.24, 2.45) is 0 Å². The number of nitrogens with zero attached hydrogens (tertiary/aromatic N) is 1. The first-order chi connectivity index (χ1) is 6.79. The molecule has 0 spiro atoms. The van der Waals surface area contributed by atoms with Crippen LogP contribution in [0.4, 0.5) is 23.0 Å². The molecule has 0 aliphatic rings. The summed E-state index contributed by atoms with van der Waals surface area (Å²) in [7, 11) is 0. The van der Waals surface area contributed by atoms with Gasteiger partial charge in [-0.2, -0.15) is 4.39 Å². The molecule has 0 heterocycles. The number of rotatable bonds is 3. The minimum absolute atomic E-state index is 0.310. The van der Waals surface area contributed by atoms with Gasteiger partial charge in [0.15, 0.2) is 0 Å². The predicted molar refractivity (Wildman–Crippen MR) is 45.8 cm³/mol. The van der Waals surface area contributed by atoms with Crippen molar-refractivity contribution in [1.82, 2.24) is 0 Å². The van der Waals surface area contributed by atoms with Crippen LogP contribution in [-0.2, 0) is 6.32 Å². The zero-order valence-corrected chi connectivity index (χ0v) is 7.29. The zero-order chi connectivity index (χ0) is 11.6. The van der Waals surface area contributed by atoms with E-state index in [1.807, 2.05) is 0 Å². The maximum atomic E-state index is 12.7. The Balaban J connectivity index is 3.03. The van der Waals surface area contributed by atoms with Crippen LogP contribution >= 0.6 is 0 Å². The first-order valence-corrected chi connectivity index (χ1v) is 3.93. The molecule has 0 saturated heterocycles. The van der Waals surface area contributed by atoms with E-state index < -0.39 is 29.7 Å². The van der Waals surface area contributed by atoms with Crippen molar-refractivity contribution in [3.8, 4) is 0 Å². The van der Waals surface area contributed by atoms with Crippen molar-refractivity contribution in [2.45, 2.75) is 6.32 Å². The third kappa shape index (κ3) is 3.23. The Morgan fingerprint density at radius 3 is 2.40 bits per heavy atom. The molecule has 3 nitrogen and oxygen atoms in total. The molecule has 8 heteroatoms. The highest BCUT2D eigenvalue weighted by Gasteiger charge is 2.25. The molecule has 0 aliphatic heterocycles. The number of halogens is 4. The van der Waals surface area contributed by atoms with Gasteiger partial charge < -0.3 is 12.9 Å². The lowest BCUT2D eigenvalue weighted by Gasteiger charge is -2.12. The minimum atomic E-state index is -5.07. The quantitative estimate of drug-likeness (QED) is 0.341. The highest BCUT2D eigenvalue weighted by molar-refractivity contribution is 6.57. The molecule has 0 amide bonds. The molecule has 0 atom stereocenters. The molecular weight excluding hydrogens is 217 g/mol. The van der Waals surface area contributed by atoms with Crippen molar-refractivity contribution in [2.75, 3.05) is 0 Å². The summed E-state index contributed by atoms with van der Waals surface area (Å²) in [4.78, 5) is 9.18. The minimum Gasteiger partial charge on any atom is -0.449 e. The van der Waals surface area contributed by atoms with Gasteiger partial charge in [-0.05, 0) is 6.07 Å². The first-order valence-electron chi connectivity index (χ1n) is 3.93. The Kier molecular flexibility index (Phi) is 2.97. The average Bonchev–Trinajstić information content (AvgIpc) is 2.05. The SMILES string of the molecule is O=[N+]([O-])c1cc(C[B-](F)(F)F)ccc1F. The Hall–Kier alpha value is -1.60. The van der Waals surface area contributed by atoms with Crippen LogP contribution in [0.2, 0.25) is 0 Å². The molecule has 1 aromatic carbocycles. The smallest absolute Gasteiger partial charge is 0.449 e. The molecule has 0 unspecified atom stereocenters. The fourth-order valence-corrected chi connectivity index (χ4v) is 1.09. The van der Waals surface area contributed by atoms with Crippen molar-refractivity contribution in [3.63, 3.8) is 0 Å². The van der Waals surface area contributed by atoms with E-state index in [0.717, 1.165) is 6.07 Å². The topological polar surface area (TPSA) is 43.1 Å². The summed E-state index contributed by atoms with van der Waals surface area (Å²) in [6.07, 6.45) is -1.25. The van der Waals surface area contributed by atoms with Crippen molar-refractivity contribution >= 4 is 12.7 Å². The highest BCUT2D eigenvalue weighted by Crippen LogP contribution is 2.22. The van der Waals surface area contributed by atoms with E-state index in [4.69, 9.17) is 0 Å². The van der Waals surface area contributed by atoms with Crippen LogP contribution in [0.1, 0.15) is 5.56 Å². The summed E-state index contributed by atoms with van der Waals surface area (Å²) in [6, 6.07) is 2.15. The highest BCUT2D eigenvalue weighted by atomic mass is 19.4. The van der Waals surface area contributed by atoms with Crippen LogP contribution in [0.25, 0.3) is 0 Å². The normalized spacial score (nSPS) is 11.5. The molecule has 0 bridgehead atoms. The fraction of sp³-hybridized carbons (Fsp3) is 0.143. The summed E-state index contributed by atoms with van der Waals surface area (Å²) in [5.41, 5.74) is -1.25. The van der Waals surface area contributed by atoms with E-state index in [1.165, 1.54) is 0 Å². The van der Waals surface area contributed by atoms with Gasteiger partial charge in [-0.25, -0.2) is 0 Å². The fourth-order valence-electron chi connectivity index (χ4n) is 1.09.